The van der Waals surface area contributed by atoms with E-state index in [2.05, 4.69) is 6.92 Å². The average Bonchev–Trinajstić information content (AvgIpc) is 2.80. The zero-order chi connectivity index (χ0) is 18.1. The second-order valence-corrected chi connectivity index (χ2v) is 8.96. The molecule has 0 aromatic carbocycles. The quantitative estimate of drug-likeness (QED) is 0.622. The lowest BCUT2D eigenvalue weighted by Crippen LogP contribution is -2.55. The maximum Gasteiger partial charge on any atom is 0.333 e. The number of esters is 1. The molecule has 0 saturated heterocycles. The Kier molecular flexibility index (Phi) is 3.80. The van der Waals surface area contributed by atoms with Crippen molar-refractivity contribution in [2.45, 2.75) is 72.5 Å². The number of ketones is 1. The van der Waals surface area contributed by atoms with Crippen molar-refractivity contribution in [3.63, 3.8) is 0 Å². The van der Waals surface area contributed by atoms with E-state index in [1.54, 1.807) is 19.9 Å². The van der Waals surface area contributed by atoms with Crippen molar-refractivity contribution < 1.29 is 19.4 Å². The second kappa shape index (κ2) is 5.17. The predicted molar refractivity (Wildman–Crippen MR) is 91.2 cm³/mol. The van der Waals surface area contributed by atoms with Gasteiger partial charge < -0.3 is 9.84 Å². The van der Waals surface area contributed by atoms with E-state index in [1.807, 2.05) is 20.8 Å². The summed E-state index contributed by atoms with van der Waals surface area (Å²) in [7, 11) is 0. The fourth-order valence-electron chi connectivity index (χ4n) is 6.11. The molecule has 0 unspecified atom stereocenters. The van der Waals surface area contributed by atoms with Crippen LogP contribution in [0.1, 0.15) is 60.8 Å². The molecule has 0 heterocycles. The number of Topliss-reactive ketones (excluding diaryl/α,β-unsaturated/α-hetero) is 1. The van der Waals surface area contributed by atoms with Crippen LogP contribution in [0.15, 0.2) is 11.6 Å². The molecule has 134 valence electrons. The molecule has 0 radical (unpaired) electrons. The standard InChI is InChI=1S/C20H30O4/c1-7-11(2)16(21)24-13-10-19(6)17(22)18(4,5)14-9-8-12(3)15(13)20(14,19)23/h7,12-15,23H,8-10H2,1-6H3/b11-7-/t12-,13+,14+,15-,19+,20+/m0/s1. The van der Waals surface area contributed by atoms with Crippen molar-refractivity contribution in [1.82, 2.24) is 0 Å². The number of carbonyl (C=O) groups is 2. The third-order valence-electron chi connectivity index (χ3n) is 7.43. The van der Waals surface area contributed by atoms with E-state index < -0.39 is 16.4 Å². The lowest BCUT2D eigenvalue weighted by Gasteiger charge is -2.48. The summed E-state index contributed by atoms with van der Waals surface area (Å²) in [4.78, 5) is 25.5. The molecule has 24 heavy (non-hydrogen) atoms. The van der Waals surface area contributed by atoms with Crippen LogP contribution in [0.4, 0.5) is 0 Å². The van der Waals surface area contributed by atoms with E-state index in [4.69, 9.17) is 4.74 Å². The normalized spacial score (nSPS) is 46.8. The summed E-state index contributed by atoms with van der Waals surface area (Å²) in [6, 6.07) is 0. The van der Waals surface area contributed by atoms with Gasteiger partial charge in [-0.25, -0.2) is 4.79 Å². The largest absolute Gasteiger partial charge is 0.459 e. The minimum atomic E-state index is -1.07. The minimum absolute atomic E-state index is 0.0600. The lowest BCUT2D eigenvalue weighted by molar-refractivity contribution is -0.166. The number of aliphatic hydroxyl groups is 1. The summed E-state index contributed by atoms with van der Waals surface area (Å²) in [6.45, 7) is 11.5. The van der Waals surface area contributed by atoms with Crippen molar-refractivity contribution in [3.05, 3.63) is 11.6 Å². The number of allylic oxidation sites excluding steroid dienone is 1. The fraction of sp³-hybridized carbons (Fsp3) is 0.800. The van der Waals surface area contributed by atoms with Crippen molar-refractivity contribution in [2.75, 3.05) is 0 Å². The molecule has 4 nitrogen and oxygen atoms in total. The average molecular weight is 334 g/mol. The van der Waals surface area contributed by atoms with Crippen molar-refractivity contribution in [1.29, 1.82) is 0 Å². The van der Waals surface area contributed by atoms with Crippen LogP contribution >= 0.6 is 0 Å². The summed E-state index contributed by atoms with van der Waals surface area (Å²) >= 11 is 0. The molecule has 3 rings (SSSR count). The van der Waals surface area contributed by atoms with Gasteiger partial charge in [-0.05, 0) is 46.0 Å². The zero-order valence-electron chi connectivity index (χ0n) is 15.7. The molecular weight excluding hydrogens is 304 g/mol. The van der Waals surface area contributed by atoms with Crippen LogP contribution in [0.2, 0.25) is 0 Å². The molecule has 1 N–H and O–H groups in total. The highest BCUT2D eigenvalue weighted by Gasteiger charge is 2.78. The molecule has 4 heteroatoms. The Morgan fingerprint density at radius 1 is 1.29 bits per heavy atom. The van der Waals surface area contributed by atoms with Gasteiger partial charge in [0.25, 0.3) is 0 Å². The second-order valence-electron chi connectivity index (χ2n) is 8.96. The van der Waals surface area contributed by atoms with Crippen LogP contribution < -0.4 is 0 Å². The maximum atomic E-state index is 13.2. The van der Waals surface area contributed by atoms with Gasteiger partial charge in [0.15, 0.2) is 0 Å². The molecule has 6 atom stereocenters. The molecule has 0 amide bonds. The molecule has 3 aliphatic rings. The molecule has 0 bridgehead atoms. The van der Waals surface area contributed by atoms with E-state index in [0.717, 1.165) is 12.8 Å². The summed E-state index contributed by atoms with van der Waals surface area (Å²) in [5.41, 5.74) is -1.85. The molecule has 0 aromatic rings. The predicted octanol–water partition coefficient (Wildman–Crippen LogP) is 3.28. The van der Waals surface area contributed by atoms with Crippen LogP contribution in [0, 0.1) is 28.6 Å². The van der Waals surface area contributed by atoms with Crippen molar-refractivity contribution in [2.24, 2.45) is 28.6 Å². The van der Waals surface area contributed by atoms with Gasteiger partial charge in [-0.3, -0.25) is 4.79 Å². The van der Waals surface area contributed by atoms with Gasteiger partial charge in [0.1, 0.15) is 11.9 Å². The van der Waals surface area contributed by atoms with Gasteiger partial charge in [0.05, 0.1) is 11.0 Å². The van der Waals surface area contributed by atoms with E-state index in [-0.39, 0.29) is 35.6 Å². The summed E-state index contributed by atoms with van der Waals surface area (Å²) in [6.07, 6.45) is 3.59. The van der Waals surface area contributed by atoms with Crippen molar-refractivity contribution in [3.8, 4) is 0 Å². The molecule has 0 aromatic heterocycles. The SMILES string of the molecule is C/C=C(/C)C(=O)O[C@@H]1C[C@]2(C)C(=O)C(C)(C)[C@H]3CC[C@H](C)[C@@H]1[C@]32O. The summed E-state index contributed by atoms with van der Waals surface area (Å²) < 4.78 is 5.78. The van der Waals surface area contributed by atoms with Crippen LogP contribution in [0.3, 0.4) is 0 Å². The number of ether oxygens (including phenoxy) is 1. The lowest BCUT2D eigenvalue weighted by atomic mass is 9.60. The topological polar surface area (TPSA) is 63.6 Å². The fourth-order valence-corrected chi connectivity index (χ4v) is 6.11. The molecular formula is C20H30O4. The van der Waals surface area contributed by atoms with Crippen LogP contribution in [0.5, 0.6) is 0 Å². The highest BCUT2D eigenvalue weighted by molar-refractivity contribution is 5.95. The summed E-state index contributed by atoms with van der Waals surface area (Å²) in [5, 5.41) is 11.8. The van der Waals surface area contributed by atoms with Gasteiger partial charge >= 0.3 is 5.97 Å². The zero-order valence-corrected chi connectivity index (χ0v) is 15.7. The highest BCUT2D eigenvalue weighted by Crippen LogP contribution is 2.70. The Hall–Kier alpha value is -1.16. The first kappa shape index (κ1) is 17.7. The summed E-state index contributed by atoms with van der Waals surface area (Å²) in [5.74, 6) is -0.201. The van der Waals surface area contributed by atoms with Crippen LogP contribution in [0.25, 0.3) is 0 Å². The smallest absolute Gasteiger partial charge is 0.333 e. The van der Waals surface area contributed by atoms with E-state index in [1.165, 1.54) is 0 Å². The number of rotatable bonds is 2. The molecule has 3 saturated carbocycles. The Balaban J connectivity index is 2.03. The van der Waals surface area contributed by atoms with Gasteiger partial charge in [0.2, 0.25) is 0 Å². The Morgan fingerprint density at radius 3 is 2.50 bits per heavy atom. The van der Waals surface area contributed by atoms with Gasteiger partial charge in [0, 0.05) is 22.8 Å². The van der Waals surface area contributed by atoms with Crippen LogP contribution in [-0.2, 0) is 14.3 Å². The van der Waals surface area contributed by atoms with Crippen LogP contribution in [-0.4, -0.2) is 28.6 Å². The van der Waals surface area contributed by atoms with Crippen molar-refractivity contribution >= 4 is 11.8 Å². The van der Waals surface area contributed by atoms with E-state index in [0.29, 0.717) is 12.0 Å². The minimum Gasteiger partial charge on any atom is -0.459 e. The Bertz CT molecular complexity index is 619. The first-order valence-electron chi connectivity index (χ1n) is 9.13. The number of carbonyl (C=O) groups excluding carboxylic acids is 2. The van der Waals surface area contributed by atoms with E-state index in [9.17, 15) is 14.7 Å². The first-order chi connectivity index (χ1) is 11.0. The monoisotopic (exact) mass is 334 g/mol. The highest BCUT2D eigenvalue weighted by atomic mass is 16.5. The third-order valence-corrected chi connectivity index (χ3v) is 7.43. The maximum absolute atomic E-state index is 13.2. The van der Waals surface area contributed by atoms with Gasteiger partial charge in [-0.1, -0.05) is 26.8 Å². The molecule has 3 fully saturated rings. The Labute approximate surface area is 144 Å². The number of hydrogen-bond donors (Lipinski definition) is 1. The molecule has 3 aliphatic carbocycles. The van der Waals surface area contributed by atoms with Gasteiger partial charge in [-0.2, -0.15) is 0 Å². The Morgan fingerprint density at radius 2 is 1.92 bits per heavy atom. The first-order valence-corrected chi connectivity index (χ1v) is 9.13. The van der Waals surface area contributed by atoms with E-state index >= 15 is 0 Å². The molecule has 0 spiro atoms. The van der Waals surface area contributed by atoms with Gasteiger partial charge in [-0.15, -0.1) is 0 Å². The third kappa shape index (κ3) is 1.89. The molecule has 0 aliphatic heterocycles. The number of hydrogen-bond acceptors (Lipinski definition) is 4.